The molecule has 1 aliphatic heterocycles. The number of cyclic esters (lactones) is 1. The van der Waals surface area contributed by atoms with E-state index in [1.54, 1.807) is 54.6 Å². The van der Waals surface area contributed by atoms with Crippen molar-refractivity contribution in [1.29, 1.82) is 0 Å². The van der Waals surface area contributed by atoms with Crippen LogP contribution in [0.2, 0.25) is 10.0 Å². The van der Waals surface area contributed by atoms with Crippen molar-refractivity contribution in [3.8, 4) is 11.5 Å². The third kappa shape index (κ3) is 6.01. The molecule has 178 valence electrons. The number of methoxy groups -OCH3 is 1. The molecule has 0 saturated heterocycles. The zero-order valence-corrected chi connectivity index (χ0v) is 20.3. The van der Waals surface area contributed by atoms with Crippen molar-refractivity contribution in [3.63, 3.8) is 0 Å². The minimum atomic E-state index is -0.595. The molecule has 0 fully saturated rings. The molecular formula is C26H20Cl2N2O5. The summed E-state index contributed by atoms with van der Waals surface area (Å²) < 4.78 is 16.6. The molecule has 7 nitrogen and oxygen atoms in total. The standard InChI is InChI=1S/C26H20Cl2N2O5/c1-15(31)29-20-8-6-18(7-9-20)25-30-22(26(32)35-25)12-17-11-21(28)24(23(13-17)33-2)34-14-16-4-3-5-19(27)10-16/h3-13H,14H2,1-2H3,(H,29,31)/b22-12-. The highest BCUT2D eigenvalue weighted by Crippen LogP contribution is 2.38. The summed E-state index contributed by atoms with van der Waals surface area (Å²) >= 11 is 12.5. The molecule has 0 unspecified atom stereocenters. The maximum absolute atomic E-state index is 12.4. The number of carbonyl (C=O) groups is 2. The predicted octanol–water partition coefficient (Wildman–Crippen LogP) is 5.88. The SMILES string of the molecule is COc1cc(/C=C2\N=C(c3ccc(NC(C)=O)cc3)OC2=O)cc(Cl)c1OCc1cccc(Cl)c1. The van der Waals surface area contributed by atoms with Crippen LogP contribution in [0.1, 0.15) is 23.6 Å². The number of nitrogens with one attached hydrogen (secondary N) is 1. The zero-order valence-electron chi connectivity index (χ0n) is 18.8. The minimum absolute atomic E-state index is 0.108. The van der Waals surface area contributed by atoms with E-state index >= 15 is 0 Å². The number of nitrogens with zero attached hydrogens (tertiary/aromatic N) is 1. The van der Waals surface area contributed by atoms with E-state index in [0.29, 0.717) is 38.4 Å². The number of esters is 1. The van der Waals surface area contributed by atoms with Gasteiger partial charge in [-0.1, -0.05) is 35.3 Å². The van der Waals surface area contributed by atoms with Gasteiger partial charge < -0.3 is 19.5 Å². The van der Waals surface area contributed by atoms with E-state index in [1.165, 1.54) is 14.0 Å². The Kier molecular flexibility index (Phi) is 7.39. The third-order valence-electron chi connectivity index (χ3n) is 4.90. The van der Waals surface area contributed by atoms with Crippen LogP contribution in [-0.2, 0) is 20.9 Å². The average molecular weight is 511 g/mol. The van der Waals surface area contributed by atoms with E-state index in [9.17, 15) is 9.59 Å². The monoisotopic (exact) mass is 510 g/mol. The van der Waals surface area contributed by atoms with Crippen molar-refractivity contribution < 1.29 is 23.8 Å². The molecule has 3 aromatic carbocycles. The lowest BCUT2D eigenvalue weighted by molar-refractivity contribution is -0.129. The van der Waals surface area contributed by atoms with Gasteiger partial charge in [-0.25, -0.2) is 9.79 Å². The van der Waals surface area contributed by atoms with E-state index in [2.05, 4.69) is 10.3 Å². The van der Waals surface area contributed by atoms with E-state index in [1.807, 2.05) is 12.1 Å². The summed E-state index contributed by atoms with van der Waals surface area (Å²) in [6.45, 7) is 1.67. The average Bonchev–Trinajstić information content (AvgIpc) is 3.18. The molecule has 3 aromatic rings. The fourth-order valence-electron chi connectivity index (χ4n) is 3.34. The van der Waals surface area contributed by atoms with Crippen LogP contribution in [-0.4, -0.2) is 24.9 Å². The van der Waals surface area contributed by atoms with E-state index in [0.717, 1.165) is 5.56 Å². The molecule has 0 bridgehead atoms. The molecular weight excluding hydrogens is 491 g/mol. The number of halogens is 2. The van der Waals surface area contributed by atoms with E-state index in [-0.39, 0.29) is 24.1 Å². The van der Waals surface area contributed by atoms with Crippen LogP contribution in [0.3, 0.4) is 0 Å². The zero-order chi connectivity index (χ0) is 24.9. The first-order valence-corrected chi connectivity index (χ1v) is 11.2. The lowest BCUT2D eigenvalue weighted by Crippen LogP contribution is -2.07. The molecule has 1 aliphatic rings. The Morgan fingerprint density at radius 2 is 1.89 bits per heavy atom. The number of hydrogen-bond donors (Lipinski definition) is 1. The lowest BCUT2D eigenvalue weighted by atomic mass is 10.1. The van der Waals surface area contributed by atoms with E-state index in [4.69, 9.17) is 37.4 Å². The molecule has 1 heterocycles. The van der Waals surface area contributed by atoms with Crippen LogP contribution >= 0.6 is 23.2 Å². The highest BCUT2D eigenvalue weighted by atomic mass is 35.5. The Hall–Kier alpha value is -3.81. The predicted molar refractivity (Wildman–Crippen MR) is 135 cm³/mol. The maximum atomic E-state index is 12.4. The van der Waals surface area contributed by atoms with Crippen LogP contribution < -0.4 is 14.8 Å². The van der Waals surface area contributed by atoms with Gasteiger partial charge in [-0.2, -0.15) is 0 Å². The van der Waals surface area contributed by atoms with Gasteiger partial charge in [-0.3, -0.25) is 4.79 Å². The Bertz CT molecular complexity index is 1350. The van der Waals surface area contributed by atoms with Gasteiger partial charge in [-0.05, 0) is 65.7 Å². The molecule has 0 radical (unpaired) electrons. The Morgan fingerprint density at radius 1 is 1.11 bits per heavy atom. The van der Waals surface area contributed by atoms with Crippen molar-refractivity contribution in [1.82, 2.24) is 0 Å². The fourth-order valence-corrected chi connectivity index (χ4v) is 3.82. The van der Waals surface area contributed by atoms with Gasteiger partial charge in [0, 0.05) is 23.2 Å². The Morgan fingerprint density at radius 3 is 2.57 bits per heavy atom. The summed E-state index contributed by atoms with van der Waals surface area (Å²) in [5, 5.41) is 3.59. The van der Waals surface area contributed by atoms with Gasteiger partial charge in [0.15, 0.2) is 17.2 Å². The minimum Gasteiger partial charge on any atom is -0.493 e. The molecule has 0 spiro atoms. The van der Waals surface area contributed by atoms with Gasteiger partial charge in [0.05, 0.1) is 12.1 Å². The summed E-state index contributed by atoms with van der Waals surface area (Å²) in [5.74, 6) is 0.157. The first-order chi connectivity index (χ1) is 16.8. The van der Waals surface area contributed by atoms with Gasteiger partial charge in [0.2, 0.25) is 11.8 Å². The summed E-state index contributed by atoms with van der Waals surface area (Å²) in [7, 11) is 1.50. The summed E-state index contributed by atoms with van der Waals surface area (Å²) in [5.41, 5.74) is 2.79. The normalized spacial score (nSPS) is 13.9. The van der Waals surface area contributed by atoms with Crippen molar-refractivity contribution in [3.05, 3.63) is 93.1 Å². The first kappa shape index (κ1) is 24.3. The number of hydrogen-bond acceptors (Lipinski definition) is 6. The molecule has 1 N–H and O–H groups in total. The summed E-state index contributed by atoms with van der Waals surface area (Å²) in [6, 6.07) is 17.4. The molecule has 9 heteroatoms. The lowest BCUT2D eigenvalue weighted by Gasteiger charge is -2.13. The topological polar surface area (TPSA) is 86.2 Å². The largest absolute Gasteiger partial charge is 0.493 e. The van der Waals surface area contributed by atoms with Crippen LogP contribution in [0.5, 0.6) is 11.5 Å². The number of amides is 1. The van der Waals surface area contributed by atoms with Crippen molar-refractivity contribution in [2.75, 3.05) is 12.4 Å². The van der Waals surface area contributed by atoms with Gasteiger partial charge in [0.25, 0.3) is 0 Å². The number of ether oxygens (including phenoxy) is 3. The Balaban J connectivity index is 1.55. The molecule has 0 aromatic heterocycles. The molecule has 35 heavy (non-hydrogen) atoms. The van der Waals surface area contributed by atoms with Gasteiger partial charge in [-0.15, -0.1) is 0 Å². The Labute approximate surface area is 211 Å². The number of anilines is 1. The summed E-state index contributed by atoms with van der Waals surface area (Å²) in [4.78, 5) is 27.9. The number of rotatable bonds is 7. The van der Waals surface area contributed by atoms with Gasteiger partial charge in [0.1, 0.15) is 6.61 Å². The van der Waals surface area contributed by atoms with Gasteiger partial charge >= 0.3 is 5.97 Å². The number of aliphatic imine (C=N–C) groups is 1. The quantitative estimate of drug-likeness (QED) is 0.316. The highest BCUT2D eigenvalue weighted by molar-refractivity contribution is 6.32. The highest BCUT2D eigenvalue weighted by Gasteiger charge is 2.24. The van der Waals surface area contributed by atoms with Crippen LogP contribution in [0, 0.1) is 0 Å². The molecule has 4 rings (SSSR count). The number of benzene rings is 3. The van der Waals surface area contributed by atoms with Crippen LogP contribution in [0.15, 0.2) is 71.4 Å². The second-order valence-corrected chi connectivity index (χ2v) is 8.39. The maximum Gasteiger partial charge on any atom is 0.363 e. The molecule has 0 aliphatic carbocycles. The van der Waals surface area contributed by atoms with Crippen LogP contribution in [0.4, 0.5) is 5.69 Å². The summed E-state index contributed by atoms with van der Waals surface area (Å²) in [6.07, 6.45) is 1.55. The second kappa shape index (κ2) is 10.6. The van der Waals surface area contributed by atoms with Crippen molar-refractivity contribution in [2.24, 2.45) is 4.99 Å². The first-order valence-electron chi connectivity index (χ1n) is 10.5. The molecule has 0 atom stereocenters. The third-order valence-corrected chi connectivity index (χ3v) is 5.42. The van der Waals surface area contributed by atoms with E-state index < -0.39 is 5.97 Å². The smallest absolute Gasteiger partial charge is 0.363 e. The number of carbonyl (C=O) groups excluding carboxylic acids is 2. The fraction of sp³-hybridized carbons (Fsp3) is 0.115. The molecule has 0 saturated carbocycles. The van der Waals surface area contributed by atoms with Crippen LogP contribution in [0.25, 0.3) is 6.08 Å². The van der Waals surface area contributed by atoms with Crippen molar-refractivity contribution in [2.45, 2.75) is 13.5 Å². The second-order valence-electron chi connectivity index (χ2n) is 7.55. The van der Waals surface area contributed by atoms with Crippen molar-refractivity contribution >= 4 is 52.7 Å². The molecule has 1 amide bonds.